The number of nitrogens with zero attached hydrogens (tertiary/aromatic N) is 5. The van der Waals surface area contributed by atoms with E-state index in [-0.39, 0.29) is 0 Å². The lowest BCUT2D eigenvalue weighted by Gasteiger charge is -1.94. The molecule has 3 aromatic rings. The molecule has 0 aromatic carbocycles. The van der Waals surface area contributed by atoms with Gasteiger partial charge in [-0.05, 0) is 0 Å². The molecule has 3 aromatic heterocycles. The summed E-state index contributed by atoms with van der Waals surface area (Å²) in [5, 5.41) is 0. The number of hydrogen-bond acceptors (Lipinski definition) is 5. The van der Waals surface area contributed by atoms with Gasteiger partial charge in [0.1, 0.15) is 17.5 Å². The molecule has 7 heteroatoms. The van der Waals surface area contributed by atoms with E-state index in [1.54, 1.807) is 12.5 Å². The van der Waals surface area contributed by atoms with Gasteiger partial charge in [0.2, 0.25) is 0 Å². The van der Waals surface area contributed by atoms with Crippen LogP contribution in [0.2, 0.25) is 0 Å². The van der Waals surface area contributed by atoms with Gasteiger partial charge in [0, 0.05) is 19.3 Å². The topological polar surface area (TPSA) is 98.3 Å². The highest BCUT2D eigenvalue weighted by molar-refractivity contribution is 5.73. The Morgan fingerprint density at radius 3 is 3.12 bits per heavy atom. The van der Waals surface area contributed by atoms with Crippen LogP contribution in [0.5, 0.6) is 0 Å². The highest BCUT2D eigenvalue weighted by Gasteiger charge is 2.08. The van der Waals surface area contributed by atoms with Crippen LogP contribution in [-0.4, -0.2) is 36.0 Å². The van der Waals surface area contributed by atoms with Crippen LogP contribution in [0.4, 0.5) is 0 Å². The van der Waals surface area contributed by atoms with Gasteiger partial charge >= 0.3 is 0 Å². The maximum atomic E-state index is 5.48. The molecule has 0 unspecified atom stereocenters. The molecule has 0 aliphatic rings. The standard InChI is InChI=1S/C10H11N7/c11-1-2-17-4-8(14-6-17)10-15-7-3-12-5-13-9(7)16-10/h3-6H,1-2,11H2,(H,12,13,15,16). The molecule has 0 atom stereocenters. The van der Waals surface area contributed by atoms with E-state index in [1.807, 2.05) is 10.8 Å². The van der Waals surface area contributed by atoms with Gasteiger partial charge < -0.3 is 15.3 Å². The minimum atomic E-state index is 0.585. The molecule has 3 rings (SSSR count). The Bertz CT molecular complexity index is 606. The molecule has 0 saturated carbocycles. The van der Waals surface area contributed by atoms with Crippen molar-refractivity contribution in [2.75, 3.05) is 6.54 Å². The number of aromatic nitrogens is 6. The van der Waals surface area contributed by atoms with Crippen LogP contribution < -0.4 is 5.73 Å². The van der Waals surface area contributed by atoms with Gasteiger partial charge in [-0.25, -0.2) is 19.9 Å². The summed E-state index contributed by atoms with van der Waals surface area (Å²) in [5.41, 5.74) is 7.70. The fourth-order valence-corrected chi connectivity index (χ4v) is 1.64. The van der Waals surface area contributed by atoms with Crippen LogP contribution in [0.3, 0.4) is 0 Å². The lowest BCUT2D eigenvalue weighted by Crippen LogP contribution is -2.07. The van der Waals surface area contributed by atoms with Gasteiger partial charge in [0.05, 0.1) is 12.5 Å². The van der Waals surface area contributed by atoms with Crippen molar-refractivity contribution in [1.29, 1.82) is 0 Å². The number of nitrogens with one attached hydrogen (secondary N) is 1. The molecule has 3 N–H and O–H groups in total. The molecular formula is C10H11N7. The number of hydrogen-bond donors (Lipinski definition) is 2. The van der Waals surface area contributed by atoms with Crippen LogP contribution >= 0.6 is 0 Å². The molecule has 0 fully saturated rings. The summed E-state index contributed by atoms with van der Waals surface area (Å²) in [6.45, 7) is 1.33. The first-order chi connectivity index (χ1) is 8.36. The molecule has 0 aliphatic carbocycles. The van der Waals surface area contributed by atoms with Crippen molar-refractivity contribution in [3.63, 3.8) is 0 Å². The first-order valence-corrected chi connectivity index (χ1v) is 5.25. The van der Waals surface area contributed by atoms with E-state index in [0.29, 0.717) is 18.0 Å². The van der Waals surface area contributed by atoms with E-state index in [9.17, 15) is 0 Å². The second-order valence-electron chi connectivity index (χ2n) is 3.63. The van der Waals surface area contributed by atoms with Gasteiger partial charge in [0.15, 0.2) is 11.5 Å². The lowest BCUT2D eigenvalue weighted by atomic mass is 10.4. The van der Waals surface area contributed by atoms with Gasteiger partial charge in [-0.3, -0.25) is 0 Å². The van der Waals surface area contributed by atoms with Crippen molar-refractivity contribution in [1.82, 2.24) is 29.5 Å². The SMILES string of the molecule is NCCn1cnc(-c2nc3ncncc3[nH]2)c1. The zero-order valence-electron chi connectivity index (χ0n) is 9.04. The summed E-state index contributed by atoms with van der Waals surface area (Å²) in [6.07, 6.45) is 6.80. The maximum Gasteiger partial charge on any atom is 0.181 e. The number of fused-ring (bicyclic) bond motifs is 1. The smallest absolute Gasteiger partial charge is 0.181 e. The van der Waals surface area contributed by atoms with Gasteiger partial charge in [0.25, 0.3) is 0 Å². The number of H-pyrrole nitrogens is 1. The minimum absolute atomic E-state index is 0.585. The first kappa shape index (κ1) is 9.91. The third-order valence-electron chi connectivity index (χ3n) is 2.43. The fraction of sp³-hybridized carbons (Fsp3) is 0.200. The van der Waals surface area contributed by atoms with E-state index in [2.05, 4.69) is 24.9 Å². The highest BCUT2D eigenvalue weighted by atomic mass is 15.1. The number of imidazole rings is 2. The van der Waals surface area contributed by atoms with Crippen LogP contribution in [0.25, 0.3) is 22.7 Å². The zero-order chi connectivity index (χ0) is 11.7. The van der Waals surface area contributed by atoms with Gasteiger partial charge in [-0.1, -0.05) is 0 Å². The molecule has 17 heavy (non-hydrogen) atoms. The molecule has 86 valence electrons. The van der Waals surface area contributed by atoms with Crippen LogP contribution in [0.15, 0.2) is 25.0 Å². The van der Waals surface area contributed by atoms with E-state index in [4.69, 9.17) is 5.73 Å². The third-order valence-corrected chi connectivity index (χ3v) is 2.43. The normalized spacial score (nSPS) is 11.1. The van der Waals surface area contributed by atoms with Crippen LogP contribution in [0, 0.1) is 0 Å². The van der Waals surface area contributed by atoms with Crippen molar-refractivity contribution < 1.29 is 0 Å². The molecular weight excluding hydrogens is 218 g/mol. The minimum Gasteiger partial charge on any atom is -0.335 e. The van der Waals surface area contributed by atoms with Crippen molar-refractivity contribution in [2.45, 2.75) is 6.54 Å². The van der Waals surface area contributed by atoms with Crippen molar-refractivity contribution in [3.05, 3.63) is 25.0 Å². The van der Waals surface area contributed by atoms with E-state index in [1.165, 1.54) is 6.33 Å². The Balaban J connectivity index is 2.01. The van der Waals surface area contributed by atoms with E-state index in [0.717, 1.165) is 17.8 Å². The molecule has 0 spiro atoms. The van der Waals surface area contributed by atoms with Crippen molar-refractivity contribution in [3.8, 4) is 11.5 Å². The monoisotopic (exact) mass is 229 g/mol. The molecule has 0 amide bonds. The average Bonchev–Trinajstić information content (AvgIpc) is 2.94. The first-order valence-electron chi connectivity index (χ1n) is 5.25. The molecule has 7 nitrogen and oxygen atoms in total. The second kappa shape index (κ2) is 3.95. The second-order valence-corrected chi connectivity index (χ2v) is 3.63. The van der Waals surface area contributed by atoms with Crippen molar-refractivity contribution in [2.24, 2.45) is 5.73 Å². The molecule has 0 bridgehead atoms. The van der Waals surface area contributed by atoms with Crippen LogP contribution in [0.1, 0.15) is 0 Å². The summed E-state index contributed by atoms with van der Waals surface area (Å²) >= 11 is 0. The quantitative estimate of drug-likeness (QED) is 0.667. The molecule has 0 aliphatic heterocycles. The fourth-order valence-electron chi connectivity index (χ4n) is 1.64. The predicted molar refractivity (Wildman–Crippen MR) is 62.0 cm³/mol. The Labute approximate surface area is 96.7 Å². The Kier molecular flexibility index (Phi) is 2.30. The largest absolute Gasteiger partial charge is 0.335 e. The lowest BCUT2D eigenvalue weighted by molar-refractivity contribution is 0.708. The van der Waals surface area contributed by atoms with Crippen molar-refractivity contribution >= 4 is 11.2 Å². The van der Waals surface area contributed by atoms with Gasteiger partial charge in [-0.15, -0.1) is 0 Å². The third kappa shape index (κ3) is 1.76. The summed E-state index contributed by atoms with van der Waals surface area (Å²) in [4.78, 5) is 19.7. The van der Waals surface area contributed by atoms with E-state index < -0.39 is 0 Å². The summed E-state index contributed by atoms with van der Waals surface area (Å²) < 4.78 is 1.92. The Hall–Kier alpha value is -2.28. The predicted octanol–water partition coefficient (Wildman–Crippen LogP) is 0.175. The van der Waals surface area contributed by atoms with Gasteiger partial charge in [-0.2, -0.15) is 0 Å². The summed E-state index contributed by atoms with van der Waals surface area (Å²) in [5.74, 6) is 0.691. The zero-order valence-corrected chi connectivity index (χ0v) is 9.04. The number of aromatic amines is 1. The summed E-state index contributed by atoms with van der Waals surface area (Å²) in [7, 11) is 0. The molecule has 0 saturated heterocycles. The van der Waals surface area contributed by atoms with Crippen LogP contribution in [-0.2, 0) is 6.54 Å². The maximum absolute atomic E-state index is 5.48. The average molecular weight is 229 g/mol. The highest BCUT2D eigenvalue weighted by Crippen LogP contribution is 2.16. The van der Waals surface area contributed by atoms with E-state index >= 15 is 0 Å². The molecule has 3 heterocycles. The summed E-state index contributed by atoms with van der Waals surface area (Å²) in [6, 6.07) is 0. The Morgan fingerprint density at radius 2 is 2.29 bits per heavy atom. The number of rotatable bonds is 3. The number of nitrogens with two attached hydrogens (primary N) is 1. The Morgan fingerprint density at radius 1 is 1.35 bits per heavy atom. The molecule has 0 radical (unpaired) electrons.